The summed E-state index contributed by atoms with van der Waals surface area (Å²) in [5.74, 6) is 0.687. The number of aryl methyl sites for hydroxylation is 1. The first-order chi connectivity index (χ1) is 18.4. The van der Waals surface area contributed by atoms with Crippen molar-refractivity contribution in [3.63, 3.8) is 0 Å². The molecule has 0 aliphatic heterocycles. The SMILES string of the molecule is COc1cc(OC)c(F)c(N(Cc2nccn2SN(C)C)c2ncc3ncc(-c4cnn(C)c4)nc3n2)c1. The summed E-state index contributed by atoms with van der Waals surface area (Å²) in [6, 6.07) is 3.04. The van der Waals surface area contributed by atoms with Gasteiger partial charge in [0.1, 0.15) is 17.1 Å². The van der Waals surface area contributed by atoms with Gasteiger partial charge < -0.3 is 9.47 Å². The van der Waals surface area contributed by atoms with Crippen LogP contribution in [-0.4, -0.2) is 71.3 Å². The van der Waals surface area contributed by atoms with E-state index in [-0.39, 0.29) is 23.9 Å². The fourth-order valence-corrected chi connectivity index (χ4v) is 4.40. The minimum atomic E-state index is -0.592. The van der Waals surface area contributed by atoms with E-state index in [1.165, 1.54) is 32.4 Å². The molecule has 5 rings (SSSR count). The first-order valence-electron chi connectivity index (χ1n) is 11.4. The van der Waals surface area contributed by atoms with Crippen molar-refractivity contribution in [2.45, 2.75) is 6.54 Å². The number of halogens is 1. The number of aromatic nitrogens is 8. The number of hydrogen-bond acceptors (Lipinski definition) is 11. The predicted molar refractivity (Wildman–Crippen MR) is 142 cm³/mol. The third-order valence-electron chi connectivity index (χ3n) is 5.50. The molecule has 0 saturated carbocycles. The van der Waals surface area contributed by atoms with Crippen molar-refractivity contribution < 1.29 is 13.9 Å². The van der Waals surface area contributed by atoms with Crippen molar-refractivity contribution in [3.05, 3.63) is 61.0 Å². The van der Waals surface area contributed by atoms with Gasteiger partial charge in [0.25, 0.3) is 0 Å². The molecule has 0 atom stereocenters. The van der Waals surface area contributed by atoms with Gasteiger partial charge in [-0.05, 0) is 14.1 Å². The van der Waals surface area contributed by atoms with Crippen molar-refractivity contribution in [1.82, 2.24) is 43.0 Å². The molecule has 0 fully saturated rings. The van der Waals surface area contributed by atoms with Crippen LogP contribution >= 0.6 is 12.1 Å². The van der Waals surface area contributed by atoms with Crippen molar-refractivity contribution >= 4 is 34.9 Å². The topological polar surface area (TPSA) is 112 Å². The molecular formula is C24H25FN10O2S. The fraction of sp³-hybridized carbons (Fsp3) is 0.250. The molecule has 38 heavy (non-hydrogen) atoms. The Morgan fingerprint density at radius 3 is 2.58 bits per heavy atom. The Morgan fingerprint density at radius 2 is 1.87 bits per heavy atom. The van der Waals surface area contributed by atoms with Gasteiger partial charge in [-0.2, -0.15) is 10.1 Å². The van der Waals surface area contributed by atoms with E-state index in [1.54, 1.807) is 40.4 Å². The molecule has 0 radical (unpaired) electrons. The summed E-state index contributed by atoms with van der Waals surface area (Å²) in [6.45, 7) is 0.141. The van der Waals surface area contributed by atoms with Crippen LogP contribution in [0.4, 0.5) is 16.0 Å². The number of nitrogens with zero attached hydrogens (tertiary/aromatic N) is 10. The Bertz CT molecular complexity index is 1590. The average molecular weight is 537 g/mol. The van der Waals surface area contributed by atoms with Gasteiger partial charge in [-0.1, -0.05) is 0 Å². The molecular weight excluding hydrogens is 511 g/mol. The highest BCUT2D eigenvalue weighted by Gasteiger charge is 2.24. The van der Waals surface area contributed by atoms with Crippen molar-refractivity contribution in [2.75, 3.05) is 33.2 Å². The van der Waals surface area contributed by atoms with Gasteiger partial charge in [0.05, 0.1) is 50.7 Å². The van der Waals surface area contributed by atoms with E-state index < -0.39 is 5.82 Å². The molecule has 12 nitrogen and oxygen atoms in total. The maximum Gasteiger partial charge on any atom is 0.232 e. The summed E-state index contributed by atoms with van der Waals surface area (Å²) < 4.78 is 31.9. The van der Waals surface area contributed by atoms with Crippen molar-refractivity contribution in [1.29, 1.82) is 0 Å². The number of benzene rings is 1. The molecule has 0 aliphatic rings. The van der Waals surface area contributed by atoms with Crippen LogP contribution in [-0.2, 0) is 13.6 Å². The first kappa shape index (κ1) is 25.4. The van der Waals surface area contributed by atoms with Crippen LogP contribution in [0.3, 0.4) is 0 Å². The highest BCUT2D eigenvalue weighted by atomic mass is 32.2. The lowest BCUT2D eigenvalue weighted by molar-refractivity contribution is 0.374. The molecule has 14 heteroatoms. The van der Waals surface area contributed by atoms with Gasteiger partial charge in [0.2, 0.25) is 5.95 Å². The van der Waals surface area contributed by atoms with Crippen LogP contribution in [0.2, 0.25) is 0 Å². The maximum absolute atomic E-state index is 15.7. The van der Waals surface area contributed by atoms with Gasteiger partial charge in [0, 0.05) is 55.5 Å². The molecule has 1 aromatic carbocycles. The van der Waals surface area contributed by atoms with E-state index in [0.29, 0.717) is 28.4 Å². The second kappa shape index (κ2) is 10.6. The zero-order valence-electron chi connectivity index (χ0n) is 21.4. The minimum absolute atomic E-state index is 0.0230. The second-order valence-electron chi connectivity index (χ2n) is 8.35. The smallest absolute Gasteiger partial charge is 0.232 e. The van der Waals surface area contributed by atoms with Gasteiger partial charge in [-0.25, -0.2) is 28.6 Å². The summed E-state index contributed by atoms with van der Waals surface area (Å²) in [5, 5.41) is 4.20. The molecule has 0 saturated heterocycles. The van der Waals surface area contributed by atoms with Gasteiger partial charge in [-0.15, -0.1) is 0 Å². The molecule has 5 aromatic rings. The van der Waals surface area contributed by atoms with E-state index in [1.807, 2.05) is 41.8 Å². The molecule has 0 bridgehead atoms. The average Bonchev–Trinajstić information content (AvgIpc) is 3.55. The number of imidazole rings is 1. The van der Waals surface area contributed by atoms with Crippen molar-refractivity contribution in [3.8, 4) is 22.8 Å². The normalized spacial score (nSPS) is 11.3. The zero-order valence-corrected chi connectivity index (χ0v) is 22.2. The highest BCUT2D eigenvalue weighted by Crippen LogP contribution is 2.37. The van der Waals surface area contributed by atoms with Gasteiger partial charge >= 0.3 is 0 Å². The summed E-state index contributed by atoms with van der Waals surface area (Å²) in [5.41, 5.74) is 2.40. The lowest BCUT2D eigenvalue weighted by Crippen LogP contribution is -2.23. The second-order valence-corrected chi connectivity index (χ2v) is 9.64. The van der Waals surface area contributed by atoms with Crippen LogP contribution in [0.1, 0.15) is 5.82 Å². The third kappa shape index (κ3) is 5.08. The highest BCUT2D eigenvalue weighted by molar-refractivity contribution is 7.95. The molecule has 0 amide bonds. The largest absolute Gasteiger partial charge is 0.497 e. The summed E-state index contributed by atoms with van der Waals surface area (Å²) >= 11 is 1.43. The Morgan fingerprint density at radius 1 is 1.03 bits per heavy atom. The zero-order chi connectivity index (χ0) is 26.8. The molecule has 0 spiro atoms. The lowest BCUT2D eigenvalue weighted by Gasteiger charge is -2.24. The standard InChI is InChI=1S/C24H25FN10O2S/c1-32(2)38-35-7-6-26-21(35)14-34(19-8-16(36-4)9-20(37-5)22(19)25)24-28-12-18-23(31-24)30-17(11-27-18)15-10-29-33(3)13-15/h6-13H,14H2,1-5H3. The third-order valence-corrected chi connectivity index (χ3v) is 6.34. The number of methoxy groups -OCH3 is 2. The summed E-state index contributed by atoms with van der Waals surface area (Å²) in [6.07, 6.45) is 10.2. The van der Waals surface area contributed by atoms with E-state index in [9.17, 15) is 0 Å². The summed E-state index contributed by atoms with van der Waals surface area (Å²) in [4.78, 5) is 24.4. The van der Waals surface area contributed by atoms with Crippen LogP contribution in [0.25, 0.3) is 22.4 Å². The number of fused-ring (bicyclic) bond motifs is 1. The lowest BCUT2D eigenvalue weighted by atomic mass is 10.2. The Hall–Kier alpha value is -4.30. The van der Waals surface area contributed by atoms with Crippen LogP contribution < -0.4 is 14.4 Å². The minimum Gasteiger partial charge on any atom is -0.497 e. The van der Waals surface area contributed by atoms with Gasteiger partial charge in [-0.3, -0.25) is 13.6 Å². The molecule has 4 heterocycles. The number of anilines is 2. The van der Waals surface area contributed by atoms with E-state index in [0.717, 1.165) is 5.56 Å². The van der Waals surface area contributed by atoms with E-state index in [2.05, 4.69) is 30.0 Å². The van der Waals surface area contributed by atoms with E-state index in [4.69, 9.17) is 9.47 Å². The number of hydrogen-bond donors (Lipinski definition) is 0. The van der Waals surface area contributed by atoms with E-state index >= 15 is 4.39 Å². The monoisotopic (exact) mass is 536 g/mol. The Labute approximate surface area is 222 Å². The number of ether oxygens (including phenoxy) is 2. The van der Waals surface area contributed by atoms with Gasteiger partial charge in [0.15, 0.2) is 17.2 Å². The van der Waals surface area contributed by atoms with Crippen LogP contribution in [0.15, 0.2) is 49.3 Å². The molecule has 4 aromatic heterocycles. The predicted octanol–water partition coefficient (Wildman–Crippen LogP) is 3.48. The first-order valence-corrected chi connectivity index (χ1v) is 12.1. The quantitative estimate of drug-likeness (QED) is 0.258. The maximum atomic E-state index is 15.7. The van der Waals surface area contributed by atoms with Crippen LogP contribution in [0, 0.1) is 5.82 Å². The Kier molecular flexibility index (Phi) is 7.07. The Balaban J connectivity index is 1.65. The molecule has 0 unspecified atom stereocenters. The molecule has 0 N–H and O–H groups in total. The molecule has 0 aliphatic carbocycles. The summed E-state index contributed by atoms with van der Waals surface area (Å²) in [7, 11) is 8.57. The molecule has 196 valence electrons. The number of rotatable bonds is 9. The van der Waals surface area contributed by atoms with Crippen LogP contribution in [0.5, 0.6) is 11.5 Å². The fourth-order valence-electron chi connectivity index (χ4n) is 3.74. The van der Waals surface area contributed by atoms with Crippen molar-refractivity contribution in [2.24, 2.45) is 7.05 Å².